The van der Waals surface area contributed by atoms with Crippen LogP contribution < -0.4 is 10.1 Å². The Labute approximate surface area is 136 Å². The number of anilines is 1. The Hall–Kier alpha value is -2.00. The molecule has 0 aliphatic rings. The van der Waals surface area contributed by atoms with E-state index in [9.17, 15) is 4.79 Å². The molecular weight excluding hydrogens is 298 g/mol. The first-order valence-corrected chi connectivity index (χ1v) is 7.67. The van der Waals surface area contributed by atoms with E-state index in [1.54, 1.807) is 24.3 Å². The third-order valence-electron chi connectivity index (χ3n) is 3.39. The quantitative estimate of drug-likeness (QED) is 0.864. The zero-order valence-corrected chi connectivity index (χ0v) is 13.8. The first kappa shape index (κ1) is 16.4. The molecule has 1 amide bonds. The number of aryl methyl sites for hydroxylation is 2. The maximum absolute atomic E-state index is 12.4. The minimum absolute atomic E-state index is 0.161. The van der Waals surface area contributed by atoms with Gasteiger partial charge in [0.1, 0.15) is 5.75 Å². The molecule has 0 aliphatic heterocycles. The predicted molar refractivity (Wildman–Crippen MR) is 90.7 cm³/mol. The second-order valence-electron chi connectivity index (χ2n) is 5.28. The number of rotatable bonds is 5. The smallest absolute Gasteiger partial charge is 0.265 e. The van der Waals surface area contributed by atoms with E-state index in [1.807, 2.05) is 39.0 Å². The maximum atomic E-state index is 12.4. The minimum Gasteiger partial charge on any atom is -0.480 e. The van der Waals surface area contributed by atoms with Crippen LogP contribution >= 0.6 is 11.6 Å². The minimum atomic E-state index is -0.531. The average Bonchev–Trinajstić information content (AvgIpc) is 2.50. The molecule has 4 heteroatoms. The van der Waals surface area contributed by atoms with Crippen LogP contribution in [-0.4, -0.2) is 12.0 Å². The molecule has 1 N–H and O–H groups in total. The molecule has 0 bridgehead atoms. The molecule has 0 aliphatic carbocycles. The molecule has 0 aromatic heterocycles. The number of hydrogen-bond donors (Lipinski definition) is 1. The summed E-state index contributed by atoms with van der Waals surface area (Å²) in [6, 6.07) is 13.0. The van der Waals surface area contributed by atoms with Gasteiger partial charge < -0.3 is 10.1 Å². The van der Waals surface area contributed by atoms with Gasteiger partial charge in [-0.05, 0) is 61.7 Å². The predicted octanol–water partition coefficient (Wildman–Crippen LogP) is 4.75. The summed E-state index contributed by atoms with van der Waals surface area (Å²) in [6.07, 6.45) is 0.0588. The van der Waals surface area contributed by atoms with E-state index in [-0.39, 0.29) is 5.91 Å². The Morgan fingerprint density at radius 3 is 2.50 bits per heavy atom. The van der Waals surface area contributed by atoms with Crippen molar-refractivity contribution >= 4 is 23.2 Å². The van der Waals surface area contributed by atoms with Crippen LogP contribution in [0.15, 0.2) is 42.5 Å². The third kappa shape index (κ3) is 4.25. The van der Waals surface area contributed by atoms with Crippen LogP contribution in [0, 0.1) is 13.8 Å². The van der Waals surface area contributed by atoms with Crippen LogP contribution in [0.4, 0.5) is 5.69 Å². The Balaban J connectivity index is 2.08. The van der Waals surface area contributed by atoms with Crippen molar-refractivity contribution in [1.29, 1.82) is 0 Å². The Morgan fingerprint density at radius 2 is 1.86 bits per heavy atom. The van der Waals surface area contributed by atoms with Gasteiger partial charge in [-0.15, -0.1) is 0 Å². The van der Waals surface area contributed by atoms with Crippen molar-refractivity contribution in [3.63, 3.8) is 0 Å². The molecule has 3 nitrogen and oxygen atoms in total. The number of ether oxygens (including phenoxy) is 1. The van der Waals surface area contributed by atoms with Crippen molar-refractivity contribution in [2.24, 2.45) is 0 Å². The zero-order valence-electron chi connectivity index (χ0n) is 13.0. The monoisotopic (exact) mass is 317 g/mol. The van der Waals surface area contributed by atoms with Gasteiger partial charge in [-0.25, -0.2) is 0 Å². The molecule has 0 fully saturated rings. The molecule has 0 saturated carbocycles. The SMILES string of the molecule is CC[C@H](Oc1cc(C)ccc1C)C(=O)Nc1ccc(Cl)cc1. The van der Waals surface area contributed by atoms with Gasteiger partial charge in [0.15, 0.2) is 6.10 Å². The van der Waals surface area contributed by atoms with Crippen molar-refractivity contribution in [2.45, 2.75) is 33.3 Å². The highest BCUT2D eigenvalue weighted by molar-refractivity contribution is 6.30. The average molecular weight is 318 g/mol. The first-order chi connectivity index (χ1) is 10.5. The van der Waals surface area contributed by atoms with Crippen molar-refractivity contribution in [1.82, 2.24) is 0 Å². The summed E-state index contributed by atoms with van der Waals surface area (Å²) >= 11 is 5.84. The highest BCUT2D eigenvalue weighted by Crippen LogP contribution is 2.22. The standard InChI is InChI=1S/C18H20ClNO2/c1-4-16(22-17-11-12(2)5-6-13(17)3)18(21)20-15-9-7-14(19)8-10-15/h5-11,16H,4H2,1-3H3,(H,20,21)/t16-/m0/s1. The Bertz CT molecular complexity index is 653. The number of carbonyl (C=O) groups is 1. The topological polar surface area (TPSA) is 38.3 Å². The van der Waals surface area contributed by atoms with Crippen molar-refractivity contribution in [2.75, 3.05) is 5.32 Å². The molecule has 0 radical (unpaired) electrons. The molecule has 0 heterocycles. The van der Waals surface area contributed by atoms with Gasteiger partial charge in [0.05, 0.1) is 0 Å². The fourth-order valence-corrected chi connectivity index (χ4v) is 2.19. The largest absolute Gasteiger partial charge is 0.480 e. The summed E-state index contributed by atoms with van der Waals surface area (Å²) in [5, 5.41) is 3.49. The lowest BCUT2D eigenvalue weighted by Crippen LogP contribution is -2.32. The van der Waals surface area contributed by atoms with Gasteiger partial charge in [-0.2, -0.15) is 0 Å². The fourth-order valence-electron chi connectivity index (χ4n) is 2.07. The van der Waals surface area contributed by atoms with Gasteiger partial charge in [0, 0.05) is 10.7 Å². The normalized spacial score (nSPS) is 11.8. The van der Waals surface area contributed by atoms with Crippen molar-refractivity contribution in [3.8, 4) is 5.75 Å². The van der Waals surface area contributed by atoms with Crippen LogP contribution in [0.2, 0.25) is 5.02 Å². The molecule has 1 atom stereocenters. The fraction of sp³-hybridized carbons (Fsp3) is 0.278. The lowest BCUT2D eigenvalue weighted by molar-refractivity contribution is -0.122. The zero-order chi connectivity index (χ0) is 16.1. The van der Waals surface area contributed by atoms with Crippen LogP contribution in [0.1, 0.15) is 24.5 Å². The van der Waals surface area contributed by atoms with Crippen molar-refractivity contribution < 1.29 is 9.53 Å². The van der Waals surface area contributed by atoms with E-state index in [4.69, 9.17) is 16.3 Å². The molecule has 22 heavy (non-hydrogen) atoms. The molecule has 0 saturated heterocycles. The number of carbonyl (C=O) groups excluding carboxylic acids is 1. The molecule has 2 rings (SSSR count). The molecule has 116 valence electrons. The lowest BCUT2D eigenvalue weighted by Gasteiger charge is -2.19. The van der Waals surface area contributed by atoms with E-state index in [1.165, 1.54) is 0 Å². The second-order valence-corrected chi connectivity index (χ2v) is 5.72. The van der Waals surface area contributed by atoms with Crippen LogP contribution in [0.3, 0.4) is 0 Å². The number of benzene rings is 2. The summed E-state index contributed by atoms with van der Waals surface area (Å²) in [4.78, 5) is 12.4. The van der Waals surface area contributed by atoms with E-state index in [2.05, 4.69) is 5.32 Å². The number of nitrogens with one attached hydrogen (secondary N) is 1. The molecule has 2 aromatic carbocycles. The number of halogens is 1. The van der Waals surface area contributed by atoms with Gasteiger partial charge in [0.25, 0.3) is 5.91 Å². The van der Waals surface area contributed by atoms with E-state index in [0.29, 0.717) is 17.1 Å². The summed E-state index contributed by atoms with van der Waals surface area (Å²) in [5.41, 5.74) is 2.83. The summed E-state index contributed by atoms with van der Waals surface area (Å²) in [6.45, 7) is 5.90. The highest BCUT2D eigenvalue weighted by Gasteiger charge is 2.19. The second kappa shape index (κ2) is 7.32. The van der Waals surface area contributed by atoms with E-state index < -0.39 is 6.10 Å². The van der Waals surface area contributed by atoms with E-state index in [0.717, 1.165) is 16.9 Å². The third-order valence-corrected chi connectivity index (χ3v) is 3.64. The number of hydrogen-bond acceptors (Lipinski definition) is 2. The Morgan fingerprint density at radius 1 is 1.18 bits per heavy atom. The van der Waals surface area contributed by atoms with Gasteiger partial charge >= 0.3 is 0 Å². The first-order valence-electron chi connectivity index (χ1n) is 7.30. The van der Waals surface area contributed by atoms with Gasteiger partial charge in [-0.3, -0.25) is 4.79 Å². The molecular formula is C18H20ClNO2. The lowest BCUT2D eigenvalue weighted by atomic mass is 10.1. The molecule has 0 unspecified atom stereocenters. The summed E-state index contributed by atoms with van der Waals surface area (Å²) in [5.74, 6) is 0.587. The molecule has 2 aromatic rings. The van der Waals surface area contributed by atoms with Crippen LogP contribution in [0.5, 0.6) is 5.75 Å². The number of amides is 1. The van der Waals surface area contributed by atoms with Crippen LogP contribution in [-0.2, 0) is 4.79 Å². The van der Waals surface area contributed by atoms with Gasteiger partial charge in [0.2, 0.25) is 0 Å². The van der Waals surface area contributed by atoms with Gasteiger partial charge in [-0.1, -0.05) is 30.7 Å². The van der Waals surface area contributed by atoms with E-state index >= 15 is 0 Å². The van der Waals surface area contributed by atoms with Crippen LogP contribution in [0.25, 0.3) is 0 Å². The van der Waals surface area contributed by atoms with Crippen molar-refractivity contribution in [3.05, 3.63) is 58.6 Å². The summed E-state index contributed by atoms with van der Waals surface area (Å²) < 4.78 is 5.89. The summed E-state index contributed by atoms with van der Waals surface area (Å²) in [7, 11) is 0. The Kier molecular flexibility index (Phi) is 5.45. The maximum Gasteiger partial charge on any atom is 0.265 e. The highest BCUT2D eigenvalue weighted by atomic mass is 35.5. The molecule has 0 spiro atoms.